The Morgan fingerprint density at radius 3 is 3.20 bits per heavy atom. The van der Waals surface area contributed by atoms with Gasteiger partial charge in [-0.2, -0.15) is 0 Å². The highest BCUT2D eigenvalue weighted by atomic mass is 32.1. The molecule has 2 N–H and O–H groups in total. The zero-order chi connectivity index (χ0) is 10.5. The average molecular weight is 221 g/mol. The number of nitrogens with one attached hydrogen (secondary N) is 2. The molecule has 0 aliphatic heterocycles. The largest absolute Gasteiger partial charge is 0.348 e. The molecule has 1 atom stereocenters. The van der Waals surface area contributed by atoms with Crippen LogP contribution in [0.3, 0.4) is 0 Å². The summed E-state index contributed by atoms with van der Waals surface area (Å²) in [6.45, 7) is 3.17. The van der Waals surface area contributed by atoms with Crippen molar-refractivity contribution in [3.8, 4) is 0 Å². The SMILES string of the molecule is CC(NCCc1cnc[nH]1)c1cccs1. The summed E-state index contributed by atoms with van der Waals surface area (Å²) < 4.78 is 0. The van der Waals surface area contributed by atoms with Gasteiger partial charge in [0.25, 0.3) is 0 Å². The van der Waals surface area contributed by atoms with Gasteiger partial charge in [0.2, 0.25) is 0 Å². The number of nitrogens with zero attached hydrogens (tertiary/aromatic N) is 1. The summed E-state index contributed by atoms with van der Waals surface area (Å²) in [5.41, 5.74) is 1.18. The Bertz CT molecular complexity index is 366. The van der Waals surface area contributed by atoms with Crippen LogP contribution in [-0.4, -0.2) is 16.5 Å². The van der Waals surface area contributed by atoms with Gasteiger partial charge in [0.1, 0.15) is 0 Å². The molecule has 0 spiro atoms. The van der Waals surface area contributed by atoms with Crippen LogP contribution in [0.2, 0.25) is 0 Å². The van der Waals surface area contributed by atoms with E-state index in [-0.39, 0.29) is 0 Å². The van der Waals surface area contributed by atoms with Gasteiger partial charge in [-0.15, -0.1) is 11.3 Å². The molecule has 0 amide bonds. The van der Waals surface area contributed by atoms with Gasteiger partial charge in [-0.3, -0.25) is 0 Å². The molecule has 80 valence electrons. The number of imidazole rings is 1. The number of H-pyrrole nitrogens is 1. The van der Waals surface area contributed by atoms with Crippen LogP contribution in [0.15, 0.2) is 30.0 Å². The van der Waals surface area contributed by atoms with Crippen molar-refractivity contribution < 1.29 is 0 Å². The number of rotatable bonds is 5. The van der Waals surface area contributed by atoms with E-state index in [9.17, 15) is 0 Å². The van der Waals surface area contributed by atoms with Gasteiger partial charge in [0.15, 0.2) is 0 Å². The summed E-state index contributed by atoms with van der Waals surface area (Å²) >= 11 is 1.80. The van der Waals surface area contributed by atoms with Gasteiger partial charge in [0, 0.05) is 35.8 Å². The van der Waals surface area contributed by atoms with Crippen molar-refractivity contribution in [1.29, 1.82) is 0 Å². The number of aromatic nitrogens is 2. The van der Waals surface area contributed by atoms with E-state index in [0.717, 1.165) is 13.0 Å². The predicted molar refractivity (Wildman–Crippen MR) is 63.0 cm³/mol. The first-order valence-corrected chi connectivity index (χ1v) is 5.98. The first-order chi connectivity index (χ1) is 7.36. The van der Waals surface area contributed by atoms with Crippen molar-refractivity contribution in [3.63, 3.8) is 0 Å². The molecule has 0 aliphatic rings. The molecule has 3 nitrogen and oxygen atoms in total. The highest BCUT2D eigenvalue weighted by molar-refractivity contribution is 7.10. The van der Waals surface area contributed by atoms with Crippen LogP contribution in [0.5, 0.6) is 0 Å². The molecular formula is C11H15N3S. The fourth-order valence-corrected chi connectivity index (χ4v) is 2.24. The maximum Gasteiger partial charge on any atom is 0.0921 e. The average Bonchev–Trinajstić information content (AvgIpc) is 2.90. The van der Waals surface area contributed by atoms with E-state index in [1.807, 2.05) is 6.20 Å². The molecule has 2 heterocycles. The lowest BCUT2D eigenvalue weighted by Crippen LogP contribution is -2.20. The summed E-state index contributed by atoms with van der Waals surface area (Å²) in [6.07, 6.45) is 4.59. The lowest BCUT2D eigenvalue weighted by atomic mass is 10.2. The standard InChI is InChI=1S/C11H15N3S/c1-9(11-3-2-6-15-11)13-5-4-10-7-12-8-14-10/h2-3,6-9,13H,4-5H2,1H3,(H,12,14). The molecule has 0 fully saturated rings. The lowest BCUT2D eigenvalue weighted by molar-refractivity contribution is 0.582. The van der Waals surface area contributed by atoms with Crippen molar-refractivity contribution >= 4 is 11.3 Å². The van der Waals surface area contributed by atoms with Crippen molar-refractivity contribution in [1.82, 2.24) is 15.3 Å². The summed E-state index contributed by atoms with van der Waals surface area (Å²) in [4.78, 5) is 8.47. The third kappa shape index (κ3) is 2.91. The van der Waals surface area contributed by atoms with Gasteiger partial charge in [-0.05, 0) is 18.4 Å². The fourth-order valence-electron chi connectivity index (χ4n) is 1.48. The number of aromatic amines is 1. The third-order valence-corrected chi connectivity index (χ3v) is 3.42. The molecule has 1 unspecified atom stereocenters. The summed E-state index contributed by atoms with van der Waals surface area (Å²) in [7, 11) is 0. The Morgan fingerprint density at radius 2 is 2.53 bits per heavy atom. The molecule has 2 aromatic rings. The van der Waals surface area contributed by atoms with E-state index in [2.05, 4.69) is 39.7 Å². The first-order valence-electron chi connectivity index (χ1n) is 5.10. The Hall–Kier alpha value is -1.13. The highest BCUT2D eigenvalue weighted by Crippen LogP contribution is 2.17. The maximum atomic E-state index is 3.99. The van der Waals surface area contributed by atoms with Crippen LogP contribution in [0.4, 0.5) is 0 Å². The minimum Gasteiger partial charge on any atom is -0.348 e. The number of hydrogen-bond acceptors (Lipinski definition) is 3. The van der Waals surface area contributed by atoms with E-state index in [1.54, 1.807) is 17.7 Å². The van der Waals surface area contributed by atoms with Crippen molar-refractivity contribution in [2.24, 2.45) is 0 Å². The quantitative estimate of drug-likeness (QED) is 0.813. The molecule has 0 aliphatic carbocycles. The number of thiophene rings is 1. The van der Waals surface area contributed by atoms with Crippen LogP contribution < -0.4 is 5.32 Å². The van der Waals surface area contributed by atoms with Crippen molar-refractivity contribution in [2.45, 2.75) is 19.4 Å². The summed E-state index contributed by atoms with van der Waals surface area (Å²) in [5.74, 6) is 0. The van der Waals surface area contributed by atoms with Crippen molar-refractivity contribution in [3.05, 3.63) is 40.6 Å². The van der Waals surface area contributed by atoms with Crippen LogP contribution in [-0.2, 0) is 6.42 Å². The van der Waals surface area contributed by atoms with Crippen LogP contribution in [0.25, 0.3) is 0 Å². The smallest absolute Gasteiger partial charge is 0.0921 e. The Morgan fingerprint density at radius 1 is 1.60 bits per heavy atom. The Labute approximate surface area is 93.6 Å². The first kappa shape index (κ1) is 10.4. The molecular weight excluding hydrogens is 206 g/mol. The molecule has 4 heteroatoms. The van der Waals surface area contributed by atoms with Crippen LogP contribution in [0, 0.1) is 0 Å². The molecule has 2 aromatic heterocycles. The van der Waals surface area contributed by atoms with Gasteiger partial charge < -0.3 is 10.3 Å². The second-order valence-corrected chi connectivity index (χ2v) is 4.50. The Balaban J connectivity index is 1.74. The lowest BCUT2D eigenvalue weighted by Gasteiger charge is -2.10. The van der Waals surface area contributed by atoms with Crippen LogP contribution >= 0.6 is 11.3 Å². The van der Waals surface area contributed by atoms with E-state index in [4.69, 9.17) is 0 Å². The van der Waals surface area contributed by atoms with E-state index in [0.29, 0.717) is 6.04 Å². The maximum absolute atomic E-state index is 3.99. The molecule has 0 bridgehead atoms. The van der Waals surface area contributed by atoms with Gasteiger partial charge in [0.05, 0.1) is 6.33 Å². The predicted octanol–water partition coefficient (Wildman–Crippen LogP) is 2.36. The molecule has 2 rings (SSSR count). The minimum absolute atomic E-state index is 0.438. The molecule has 0 saturated heterocycles. The summed E-state index contributed by atoms with van der Waals surface area (Å²) in [5, 5.41) is 5.60. The fraction of sp³-hybridized carbons (Fsp3) is 0.364. The van der Waals surface area contributed by atoms with Crippen molar-refractivity contribution in [2.75, 3.05) is 6.54 Å². The van der Waals surface area contributed by atoms with E-state index < -0.39 is 0 Å². The van der Waals surface area contributed by atoms with Gasteiger partial charge >= 0.3 is 0 Å². The molecule has 0 radical (unpaired) electrons. The van der Waals surface area contributed by atoms with E-state index >= 15 is 0 Å². The topological polar surface area (TPSA) is 40.7 Å². The zero-order valence-electron chi connectivity index (χ0n) is 8.73. The van der Waals surface area contributed by atoms with E-state index in [1.165, 1.54) is 10.6 Å². The molecule has 0 saturated carbocycles. The second-order valence-electron chi connectivity index (χ2n) is 3.52. The minimum atomic E-state index is 0.438. The van der Waals surface area contributed by atoms with Gasteiger partial charge in [-0.25, -0.2) is 4.98 Å². The molecule has 15 heavy (non-hydrogen) atoms. The highest BCUT2D eigenvalue weighted by Gasteiger charge is 2.04. The van der Waals surface area contributed by atoms with Gasteiger partial charge in [-0.1, -0.05) is 6.07 Å². The van der Waals surface area contributed by atoms with Crippen LogP contribution in [0.1, 0.15) is 23.5 Å². The monoisotopic (exact) mass is 221 g/mol. The summed E-state index contributed by atoms with van der Waals surface area (Å²) in [6, 6.07) is 4.69. The number of hydrogen-bond donors (Lipinski definition) is 2. The Kier molecular flexibility index (Phi) is 3.53. The zero-order valence-corrected chi connectivity index (χ0v) is 9.55. The molecule has 0 aromatic carbocycles. The normalized spacial score (nSPS) is 12.9. The third-order valence-electron chi connectivity index (χ3n) is 2.37. The second kappa shape index (κ2) is 5.09.